The minimum absolute atomic E-state index is 0.492. The highest BCUT2D eigenvalue weighted by Gasteiger charge is 2.25. The molecule has 3 N–H and O–H groups in total. The van der Waals surface area contributed by atoms with Crippen LogP contribution < -0.4 is 20.9 Å². The number of anilines is 2. The Morgan fingerprint density at radius 3 is 2.77 bits per heavy atom. The molecule has 0 atom stereocenters. The van der Waals surface area contributed by atoms with E-state index in [1.165, 1.54) is 0 Å². The Morgan fingerprint density at radius 2 is 2.07 bits per heavy atom. The molecule has 0 aliphatic carbocycles. The van der Waals surface area contributed by atoms with Gasteiger partial charge < -0.3 is 20.9 Å². The molecule has 1 fully saturated rings. The van der Waals surface area contributed by atoms with Crippen LogP contribution in [0.5, 0.6) is 0 Å². The SMILES string of the molecule is CC(C)NC1CCN(c2c(C#N)c(NCC3=CNCC=C3)nc3ccccc23)CC1. The number of nitriles is 1. The van der Waals surface area contributed by atoms with Gasteiger partial charge in [0, 0.05) is 49.8 Å². The highest BCUT2D eigenvalue weighted by molar-refractivity contribution is 5.97. The van der Waals surface area contributed by atoms with Crippen LogP contribution in [0.25, 0.3) is 10.9 Å². The van der Waals surface area contributed by atoms with Gasteiger partial charge in [0.05, 0.1) is 11.2 Å². The monoisotopic (exact) mass is 402 g/mol. The molecule has 6 heteroatoms. The van der Waals surface area contributed by atoms with E-state index in [2.05, 4.69) is 59.0 Å². The molecule has 0 saturated carbocycles. The number of piperidine rings is 1. The molecule has 1 saturated heterocycles. The van der Waals surface area contributed by atoms with Gasteiger partial charge in [-0.05, 0) is 24.5 Å². The maximum absolute atomic E-state index is 10.1. The number of dihydropyridines is 1. The van der Waals surface area contributed by atoms with Gasteiger partial charge >= 0.3 is 0 Å². The zero-order valence-corrected chi connectivity index (χ0v) is 17.8. The van der Waals surface area contributed by atoms with Crippen LogP contribution in [0.2, 0.25) is 0 Å². The lowest BCUT2D eigenvalue weighted by atomic mass is 10.0. The molecule has 156 valence electrons. The molecule has 1 aromatic carbocycles. The Labute approximate surface area is 178 Å². The van der Waals surface area contributed by atoms with E-state index >= 15 is 0 Å². The minimum atomic E-state index is 0.492. The summed E-state index contributed by atoms with van der Waals surface area (Å²) in [5, 5.41) is 21.4. The van der Waals surface area contributed by atoms with Crippen molar-refractivity contribution in [3.8, 4) is 6.07 Å². The number of nitrogens with one attached hydrogen (secondary N) is 3. The quantitative estimate of drug-likeness (QED) is 0.686. The predicted molar refractivity (Wildman–Crippen MR) is 124 cm³/mol. The van der Waals surface area contributed by atoms with Crippen LogP contribution in [0.15, 0.2) is 48.2 Å². The van der Waals surface area contributed by atoms with Gasteiger partial charge in [0.1, 0.15) is 17.5 Å². The second-order valence-corrected chi connectivity index (χ2v) is 8.28. The van der Waals surface area contributed by atoms with Gasteiger partial charge in [-0.3, -0.25) is 0 Å². The largest absolute Gasteiger partial charge is 0.387 e. The summed E-state index contributed by atoms with van der Waals surface area (Å²) >= 11 is 0. The molecule has 0 amide bonds. The first-order valence-electron chi connectivity index (χ1n) is 10.8. The molecule has 0 radical (unpaired) electrons. The van der Waals surface area contributed by atoms with E-state index in [-0.39, 0.29) is 0 Å². The molecule has 6 nitrogen and oxygen atoms in total. The number of hydrogen-bond acceptors (Lipinski definition) is 6. The van der Waals surface area contributed by atoms with Crippen LogP contribution >= 0.6 is 0 Å². The normalized spacial score (nSPS) is 17.0. The molecule has 2 aliphatic rings. The van der Waals surface area contributed by atoms with E-state index < -0.39 is 0 Å². The Bertz CT molecular complexity index is 993. The standard InChI is InChI=1S/C24H30N6/c1-17(2)28-19-9-12-30(13-10-19)23-20-7-3-4-8-22(20)29-24(21(23)14-25)27-16-18-6-5-11-26-15-18/h3-8,15,17,19,26,28H,9-13,16H2,1-2H3,(H,27,29). The highest BCUT2D eigenvalue weighted by atomic mass is 15.2. The molecule has 0 unspecified atom stereocenters. The smallest absolute Gasteiger partial charge is 0.147 e. The summed E-state index contributed by atoms with van der Waals surface area (Å²) in [6.45, 7) is 7.74. The van der Waals surface area contributed by atoms with Gasteiger partial charge in [0.15, 0.2) is 0 Å². The maximum atomic E-state index is 10.1. The fourth-order valence-corrected chi connectivity index (χ4v) is 4.31. The van der Waals surface area contributed by atoms with Crippen molar-refractivity contribution in [2.24, 2.45) is 0 Å². The predicted octanol–water partition coefficient (Wildman–Crippen LogP) is 3.53. The van der Waals surface area contributed by atoms with Crippen molar-refractivity contribution >= 4 is 22.4 Å². The van der Waals surface area contributed by atoms with E-state index in [0.29, 0.717) is 30.0 Å². The molecule has 0 spiro atoms. The summed E-state index contributed by atoms with van der Waals surface area (Å²) in [5.74, 6) is 0.661. The Hall–Kier alpha value is -3.04. The summed E-state index contributed by atoms with van der Waals surface area (Å²) in [6.07, 6.45) is 8.35. The number of pyridine rings is 1. The number of para-hydroxylation sites is 1. The second kappa shape index (κ2) is 9.19. The molecular weight excluding hydrogens is 372 g/mol. The van der Waals surface area contributed by atoms with Crippen LogP contribution in [0.3, 0.4) is 0 Å². The molecule has 3 heterocycles. The van der Waals surface area contributed by atoms with Gasteiger partial charge in [-0.15, -0.1) is 0 Å². The molecular formula is C24H30N6. The van der Waals surface area contributed by atoms with E-state index in [9.17, 15) is 5.26 Å². The maximum Gasteiger partial charge on any atom is 0.147 e. The molecule has 2 aliphatic heterocycles. The van der Waals surface area contributed by atoms with Crippen molar-refractivity contribution in [1.29, 1.82) is 5.26 Å². The van der Waals surface area contributed by atoms with Crippen molar-refractivity contribution in [3.63, 3.8) is 0 Å². The molecule has 0 bridgehead atoms. The lowest BCUT2D eigenvalue weighted by Gasteiger charge is -2.36. The molecule has 30 heavy (non-hydrogen) atoms. The van der Waals surface area contributed by atoms with Gasteiger partial charge in [0.25, 0.3) is 0 Å². The number of hydrogen-bond donors (Lipinski definition) is 3. The van der Waals surface area contributed by atoms with Crippen molar-refractivity contribution in [1.82, 2.24) is 15.6 Å². The van der Waals surface area contributed by atoms with E-state index in [0.717, 1.165) is 54.6 Å². The molecule has 1 aromatic heterocycles. The molecule has 2 aromatic rings. The van der Waals surface area contributed by atoms with E-state index in [4.69, 9.17) is 4.98 Å². The first kappa shape index (κ1) is 20.2. The van der Waals surface area contributed by atoms with E-state index in [1.807, 2.05) is 24.4 Å². The van der Waals surface area contributed by atoms with Crippen molar-refractivity contribution in [2.75, 3.05) is 36.4 Å². The minimum Gasteiger partial charge on any atom is -0.387 e. The molecule has 4 rings (SSSR count). The van der Waals surface area contributed by atoms with Gasteiger partial charge in [0.2, 0.25) is 0 Å². The van der Waals surface area contributed by atoms with Gasteiger partial charge in [-0.25, -0.2) is 4.98 Å². The van der Waals surface area contributed by atoms with Gasteiger partial charge in [-0.2, -0.15) is 5.26 Å². The third-order valence-electron chi connectivity index (χ3n) is 5.67. The highest BCUT2D eigenvalue weighted by Crippen LogP contribution is 2.35. The number of rotatable bonds is 6. The lowest BCUT2D eigenvalue weighted by Crippen LogP contribution is -2.45. The Morgan fingerprint density at radius 1 is 1.27 bits per heavy atom. The fraction of sp³-hybridized carbons (Fsp3) is 0.417. The van der Waals surface area contributed by atoms with Gasteiger partial charge in [-0.1, -0.05) is 44.2 Å². The summed E-state index contributed by atoms with van der Waals surface area (Å²) in [4.78, 5) is 7.16. The first-order valence-corrected chi connectivity index (χ1v) is 10.8. The number of benzene rings is 1. The van der Waals surface area contributed by atoms with Crippen molar-refractivity contribution < 1.29 is 0 Å². The third kappa shape index (κ3) is 4.42. The summed E-state index contributed by atoms with van der Waals surface area (Å²) in [7, 11) is 0. The summed E-state index contributed by atoms with van der Waals surface area (Å²) in [6, 6.07) is 11.6. The average molecular weight is 403 g/mol. The van der Waals surface area contributed by atoms with Crippen LogP contribution in [-0.4, -0.2) is 43.2 Å². The fourth-order valence-electron chi connectivity index (χ4n) is 4.31. The Kier molecular flexibility index (Phi) is 6.20. The number of fused-ring (bicyclic) bond motifs is 1. The Balaban J connectivity index is 1.65. The topological polar surface area (TPSA) is 76.0 Å². The van der Waals surface area contributed by atoms with Crippen LogP contribution in [0, 0.1) is 11.3 Å². The summed E-state index contributed by atoms with van der Waals surface area (Å²) < 4.78 is 0. The zero-order valence-electron chi connectivity index (χ0n) is 17.8. The third-order valence-corrected chi connectivity index (χ3v) is 5.67. The number of nitrogens with zero attached hydrogens (tertiary/aromatic N) is 3. The van der Waals surface area contributed by atoms with Crippen molar-refractivity contribution in [3.05, 3.63) is 53.8 Å². The zero-order chi connectivity index (χ0) is 20.9. The van der Waals surface area contributed by atoms with Crippen LogP contribution in [0.1, 0.15) is 32.3 Å². The average Bonchev–Trinajstić information content (AvgIpc) is 2.77. The van der Waals surface area contributed by atoms with Crippen LogP contribution in [0.4, 0.5) is 11.5 Å². The second-order valence-electron chi connectivity index (χ2n) is 8.28. The number of aromatic nitrogens is 1. The lowest BCUT2D eigenvalue weighted by molar-refractivity contribution is 0.387. The van der Waals surface area contributed by atoms with E-state index in [1.54, 1.807) is 0 Å². The van der Waals surface area contributed by atoms with Crippen molar-refractivity contribution in [2.45, 2.75) is 38.8 Å². The van der Waals surface area contributed by atoms with Crippen LogP contribution in [-0.2, 0) is 0 Å². The first-order chi connectivity index (χ1) is 14.7. The summed E-state index contributed by atoms with van der Waals surface area (Å²) in [5.41, 5.74) is 3.71.